The monoisotopic (exact) mass is 982 g/mol. The second-order valence-corrected chi connectivity index (χ2v) is 20.6. The van der Waals surface area contributed by atoms with Gasteiger partial charge in [-0.3, -0.25) is 4.72 Å². The first-order valence-corrected chi connectivity index (χ1v) is 25.7. The van der Waals surface area contributed by atoms with Crippen LogP contribution in [-0.2, 0) is 21.8 Å². The molecule has 1 atom stereocenters. The number of likely N-dealkylation sites (tertiary alicyclic amines) is 1. The SMILES string of the molecule is COC(=O)c1c(-c2c(F)ccc(N3CCN(c4ccc(NS(=O)(=O)c5ccc(N[C@H](CCN6CCC(O)CC6)CSc6ccccc6)c(C)c5)cc4)CC3)c2F)c(-c2ccc(Cl)cc2)n(C)c1C. The molecular weight excluding hydrogens is 926 g/mol. The molecule has 0 bridgehead atoms. The topological polar surface area (TPSA) is 119 Å². The molecule has 0 spiro atoms. The Balaban J connectivity index is 0.922. The van der Waals surface area contributed by atoms with E-state index >= 15 is 8.78 Å². The highest BCUT2D eigenvalue weighted by Gasteiger charge is 2.32. The summed E-state index contributed by atoms with van der Waals surface area (Å²) < 4.78 is 69.9. The van der Waals surface area contributed by atoms with Gasteiger partial charge in [-0.2, -0.15) is 0 Å². The van der Waals surface area contributed by atoms with Crippen molar-refractivity contribution in [2.75, 3.05) is 78.5 Å². The number of anilines is 4. The van der Waals surface area contributed by atoms with Crippen LogP contribution in [0.3, 0.4) is 0 Å². The molecule has 3 heterocycles. The zero-order valence-corrected chi connectivity index (χ0v) is 41.0. The molecule has 2 aliphatic rings. The van der Waals surface area contributed by atoms with Crippen molar-refractivity contribution in [1.29, 1.82) is 0 Å². The first kappa shape index (κ1) is 48.9. The van der Waals surface area contributed by atoms with Crippen LogP contribution in [0, 0.1) is 25.5 Å². The number of nitrogens with one attached hydrogen (secondary N) is 2. The van der Waals surface area contributed by atoms with Crippen LogP contribution in [0.4, 0.5) is 31.5 Å². The fourth-order valence-corrected chi connectivity index (χ4v) is 11.4. The van der Waals surface area contributed by atoms with E-state index in [0.29, 0.717) is 53.8 Å². The summed E-state index contributed by atoms with van der Waals surface area (Å²) in [7, 11) is -0.939. The number of hydrogen-bond acceptors (Lipinski definition) is 10. The standard InChI is InChI=1S/C52H57ClF2N6O5S2/c1-34-32-43(18-20-45(34)56-39(33-67-42-8-6-5-7-9-42)22-25-59-26-23-41(62)24-27-59)68(64,65)57-38-14-16-40(17-15-38)60-28-30-61(31-29-60)46-21-19-44(54)48(50(46)55)49-47(52(63)66-4)35(2)58(3)51(49)36-10-12-37(53)13-11-36/h5-21,32,39,41,56-57,62H,22-31,33H2,1-4H3/t39-/m1/s1. The molecule has 5 aromatic carbocycles. The van der Waals surface area contributed by atoms with Crippen molar-refractivity contribution < 1.29 is 31.8 Å². The summed E-state index contributed by atoms with van der Waals surface area (Å²) in [5, 5.41) is 14.2. The van der Waals surface area contributed by atoms with Crippen LogP contribution >= 0.6 is 23.4 Å². The van der Waals surface area contributed by atoms with Gasteiger partial charge in [0, 0.05) is 103 Å². The number of nitrogens with zero attached hydrogens (tertiary/aromatic N) is 4. The van der Waals surface area contributed by atoms with Gasteiger partial charge in [-0.05, 0) is 123 Å². The van der Waals surface area contributed by atoms with Crippen LogP contribution in [0.2, 0.25) is 5.02 Å². The molecule has 16 heteroatoms. The molecule has 8 rings (SSSR count). The number of aromatic nitrogens is 1. The molecular formula is C52H57ClF2N6O5S2. The van der Waals surface area contributed by atoms with Gasteiger partial charge in [-0.25, -0.2) is 22.0 Å². The van der Waals surface area contributed by atoms with Crippen LogP contribution in [0.15, 0.2) is 119 Å². The number of piperazine rings is 1. The number of piperidine rings is 1. The van der Waals surface area contributed by atoms with Crippen molar-refractivity contribution in [3.8, 4) is 22.4 Å². The Labute approximate surface area is 407 Å². The van der Waals surface area contributed by atoms with Crippen molar-refractivity contribution >= 4 is 62.1 Å². The number of hydrogen-bond donors (Lipinski definition) is 3. The first-order chi connectivity index (χ1) is 32.7. The molecule has 2 fully saturated rings. The van der Waals surface area contributed by atoms with Crippen LogP contribution in [-0.4, -0.2) is 99.8 Å². The third kappa shape index (κ3) is 11.0. The molecule has 2 saturated heterocycles. The molecule has 0 radical (unpaired) electrons. The number of ether oxygens (including phenoxy) is 1. The van der Waals surface area contributed by atoms with Gasteiger partial charge < -0.3 is 34.4 Å². The number of sulfonamides is 1. The zero-order valence-electron chi connectivity index (χ0n) is 38.6. The fourth-order valence-electron chi connectivity index (χ4n) is 9.10. The molecule has 0 saturated carbocycles. The molecule has 0 unspecified atom stereocenters. The van der Waals surface area contributed by atoms with E-state index in [0.717, 1.165) is 61.6 Å². The third-order valence-electron chi connectivity index (χ3n) is 13.0. The number of aliphatic hydroxyl groups is 1. The third-order valence-corrected chi connectivity index (χ3v) is 15.8. The lowest BCUT2D eigenvalue weighted by Gasteiger charge is -2.37. The second kappa shape index (κ2) is 21.4. The van der Waals surface area contributed by atoms with Gasteiger partial charge in [0.1, 0.15) is 5.82 Å². The number of rotatable bonds is 16. The van der Waals surface area contributed by atoms with E-state index in [4.69, 9.17) is 16.3 Å². The Kier molecular flexibility index (Phi) is 15.4. The minimum atomic E-state index is -3.92. The maximum absolute atomic E-state index is 16.9. The minimum Gasteiger partial charge on any atom is -0.465 e. The maximum atomic E-state index is 16.9. The predicted molar refractivity (Wildman–Crippen MR) is 271 cm³/mol. The molecule has 0 aliphatic carbocycles. The van der Waals surface area contributed by atoms with E-state index in [1.807, 2.05) is 48.2 Å². The van der Waals surface area contributed by atoms with E-state index in [1.54, 1.807) is 78.8 Å². The smallest absolute Gasteiger partial charge is 0.340 e. The molecule has 0 amide bonds. The number of carbonyl (C=O) groups excluding carboxylic acids is 1. The lowest BCUT2D eigenvalue weighted by molar-refractivity contribution is 0.0600. The highest BCUT2D eigenvalue weighted by atomic mass is 35.5. The summed E-state index contributed by atoms with van der Waals surface area (Å²) in [6.07, 6.45) is 2.27. The quantitative estimate of drug-likeness (QED) is 0.0639. The molecule has 3 N–H and O–H groups in total. The maximum Gasteiger partial charge on any atom is 0.340 e. The Morgan fingerprint density at radius 1 is 0.868 bits per heavy atom. The summed E-state index contributed by atoms with van der Waals surface area (Å²) in [4.78, 5) is 21.0. The average Bonchev–Trinajstić information content (AvgIpc) is 3.59. The zero-order chi connectivity index (χ0) is 48.1. The van der Waals surface area contributed by atoms with Gasteiger partial charge in [0.2, 0.25) is 0 Å². The molecule has 358 valence electrons. The molecule has 6 aromatic rings. The van der Waals surface area contributed by atoms with Gasteiger partial charge in [0.25, 0.3) is 10.0 Å². The summed E-state index contributed by atoms with van der Waals surface area (Å²) in [6.45, 7) is 8.15. The Morgan fingerprint density at radius 2 is 1.54 bits per heavy atom. The average molecular weight is 984 g/mol. The van der Waals surface area contributed by atoms with Crippen LogP contribution in [0.25, 0.3) is 22.4 Å². The summed E-state index contributed by atoms with van der Waals surface area (Å²) in [5.74, 6) is -1.46. The van der Waals surface area contributed by atoms with E-state index in [-0.39, 0.29) is 39.4 Å². The molecule has 68 heavy (non-hydrogen) atoms. The molecule has 2 aliphatic heterocycles. The van der Waals surface area contributed by atoms with Crippen molar-refractivity contribution in [3.63, 3.8) is 0 Å². The first-order valence-electron chi connectivity index (χ1n) is 22.8. The number of methoxy groups -OCH3 is 1. The van der Waals surface area contributed by atoms with Crippen LogP contribution in [0.1, 0.15) is 40.9 Å². The molecule has 1 aromatic heterocycles. The number of aliphatic hydroxyl groups excluding tert-OH is 1. The Hall–Kier alpha value is -5.58. The largest absolute Gasteiger partial charge is 0.465 e. The fraction of sp³-hybridized carbons (Fsp3) is 0.327. The van der Waals surface area contributed by atoms with E-state index in [1.165, 1.54) is 24.1 Å². The lowest BCUT2D eigenvalue weighted by Crippen LogP contribution is -2.46. The summed E-state index contributed by atoms with van der Waals surface area (Å²) in [5.41, 5.74) is 4.62. The van der Waals surface area contributed by atoms with Crippen LogP contribution < -0.4 is 19.8 Å². The van der Waals surface area contributed by atoms with Crippen molar-refractivity contribution in [3.05, 3.63) is 143 Å². The minimum absolute atomic E-state index is 0.0759. The van der Waals surface area contributed by atoms with Crippen molar-refractivity contribution in [2.45, 2.75) is 55.0 Å². The Bertz CT molecular complexity index is 2830. The number of thioether (sulfide) groups is 1. The van der Waals surface area contributed by atoms with E-state index < -0.39 is 27.6 Å². The molecule has 11 nitrogen and oxygen atoms in total. The predicted octanol–water partition coefficient (Wildman–Crippen LogP) is 10.2. The number of benzene rings is 5. The van der Waals surface area contributed by atoms with Crippen molar-refractivity contribution in [1.82, 2.24) is 9.47 Å². The van der Waals surface area contributed by atoms with E-state index in [2.05, 4.69) is 32.0 Å². The second-order valence-electron chi connectivity index (χ2n) is 17.4. The number of carbonyl (C=O) groups is 1. The van der Waals surface area contributed by atoms with Gasteiger partial charge in [0.05, 0.1) is 40.6 Å². The number of halogens is 3. The normalized spacial score (nSPS) is 15.4. The lowest BCUT2D eigenvalue weighted by atomic mass is 9.95. The van der Waals surface area contributed by atoms with Gasteiger partial charge in [0.15, 0.2) is 5.82 Å². The number of aryl methyl sites for hydroxylation is 1. The van der Waals surface area contributed by atoms with E-state index in [9.17, 15) is 18.3 Å². The highest BCUT2D eigenvalue weighted by molar-refractivity contribution is 7.99. The van der Waals surface area contributed by atoms with Crippen LogP contribution in [0.5, 0.6) is 0 Å². The van der Waals surface area contributed by atoms with Gasteiger partial charge in [-0.15, -0.1) is 11.8 Å². The summed E-state index contributed by atoms with van der Waals surface area (Å²) in [6, 6.07) is 32.3. The highest BCUT2D eigenvalue weighted by Crippen LogP contribution is 2.44. The Morgan fingerprint density at radius 3 is 2.21 bits per heavy atom. The number of esters is 1. The van der Waals surface area contributed by atoms with Gasteiger partial charge >= 0.3 is 5.97 Å². The van der Waals surface area contributed by atoms with Crippen molar-refractivity contribution in [2.24, 2.45) is 7.05 Å². The van der Waals surface area contributed by atoms with Gasteiger partial charge in [-0.1, -0.05) is 41.9 Å². The summed E-state index contributed by atoms with van der Waals surface area (Å²) >= 11 is 7.97.